The Bertz CT molecular complexity index is 826. The summed E-state index contributed by atoms with van der Waals surface area (Å²) in [5.41, 5.74) is 2.70. The Hall–Kier alpha value is -2.87. The zero-order valence-corrected chi connectivity index (χ0v) is 12.7. The van der Waals surface area contributed by atoms with Crippen LogP contribution in [0, 0.1) is 0 Å². The molecule has 0 radical (unpaired) electrons. The number of imidazole rings is 1. The molecule has 3 N–H and O–H groups in total. The zero-order valence-electron chi connectivity index (χ0n) is 12.7. The van der Waals surface area contributed by atoms with Gasteiger partial charge in [0.25, 0.3) is 0 Å². The standard InChI is InChI=1S/C14H18N8/c1-10(9-20(2)15)11-8-17-14-13(16-5-7-22(11)14)18-12-4-6-21(3)19-12/h4-9H,15H2,1-3H3,(H,16,18,19)/b10-9+. The summed E-state index contributed by atoms with van der Waals surface area (Å²) in [7, 11) is 3.65. The Kier molecular flexibility index (Phi) is 3.51. The Balaban J connectivity index is 2.02. The van der Waals surface area contributed by atoms with Crippen LogP contribution >= 0.6 is 0 Å². The van der Waals surface area contributed by atoms with Gasteiger partial charge in [-0.15, -0.1) is 0 Å². The number of anilines is 2. The van der Waals surface area contributed by atoms with Crippen LogP contribution in [0.2, 0.25) is 0 Å². The van der Waals surface area contributed by atoms with Crippen molar-refractivity contribution < 1.29 is 0 Å². The maximum absolute atomic E-state index is 5.67. The molecule has 0 aliphatic heterocycles. The van der Waals surface area contributed by atoms with E-state index in [1.165, 1.54) is 5.01 Å². The molecular formula is C14H18N8. The van der Waals surface area contributed by atoms with Crippen molar-refractivity contribution in [3.8, 4) is 0 Å². The van der Waals surface area contributed by atoms with E-state index in [1.807, 2.05) is 43.0 Å². The second kappa shape index (κ2) is 5.49. The van der Waals surface area contributed by atoms with Gasteiger partial charge in [0.05, 0.1) is 11.9 Å². The first-order chi connectivity index (χ1) is 10.5. The number of hydrazine groups is 1. The van der Waals surface area contributed by atoms with E-state index in [-0.39, 0.29) is 0 Å². The molecule has 3 aromatic rings. The van der Waals surface area contributed by atoms with Crippen LogP contribution in [-0.4, -0.2) is 36.2 Å². The maximum atomic E-state index is 5.67. The van der Waals surface area contributed by atoms with Crippen molar-refractivity contribution in [1.29, 1.82) is 0 Å². The fraction of sp³-hybridized carbons (Fsp3) is 0.214. The van der Waals surface area contributed by atoms with Gasteiger partial charge in [0.15, 0.2) is 17.3 Å². The summed E-state index contributed by atoms with van der Waals surface area (Å²) in [6, 6.07) is 1.88. The number of rotatable bonds is 4. The molecule has 0 saturated heterocycles. The van der Waals surface area contributed by atoms with Crippen molar-refractivity contribution in [3.63, 3.8) is 0 Å². The molecule has 0 amide bonds. The van der Waals surface area contributed by atoms with E-state index >= 15 is 0 Å². The predicted octanol–water partition coefficient (Wildman–Crippen LogP) is 1.37. The van der Waals surface area contributed by atoms with E-state index in [2.05, 4.69) is 20.4 Å². The Labute approximate surface area is 127 Å². The van der Waals surface area contributed by atoms with E-state index in [9.17, 15) is 0 Å². The van der Waals surface area contributed by atoms with E-state index in [0.717, 1.165) is 22.7 Å². The molecule has 0 unspecified atom stereocenters. The van der Waals surface area contributed by atoms with Crippen LogP contribution in [0.1, 0.15) is 12.6 Å². The molecule has 0 aliphatic carbocycles. The van der Waals surface area contributed by atoms with Gasteiger partial charge < -0.3 is 10.3 Å². The Morgan fingerprint density at radius 2 is 2.18 bits per heavy atom. The minimum absolute atomic E-state index is 0.654. The minimum Gasteiger partial charge on any atom is -0.321 e. The number of hydrogen-bond donors (Lipinski definition) is 2. The topological polar surface area (TPSA) is 89.3 Å². The first kappa shape index (κ1) is 14.1. The fourth-order valence-electron chi connectivity index (χ4n) is 2.27. The molecular weight excluding hydrogens is 280 g/mol. The van der Waals surface area contributed by atoms with Crippen LogP contribution in [0.3, 0.4) is 0 Å². The second-order valence-corrected chi connectivity index (χ2v) is 5.09. The Morgan fingerprint density at radius 3 is 2.86 bits per heavy atom. The van der Waals surface area contributed by atoms with Gasteiger partial charge in [-0.2, -0.15) is 5.10 Å². The van der Waals surface area contributed by atoms with Crippen molar-refractivity contribution in [2.75, 3.05) is 12.4 Å². The number of nitrogens with zero attached hydrogens (tertiary/aromatic N) is 6. The smallest absolute Gasteiger partial charge is 0.180 e. The lowest BCUT2D eigenvalue weighted by atomic mass is 10.2. The SMILES string of the molecule is C/C(=C\N(C)N)c1cnc2c(Nc3ccn(C)n3)nccn12. The highest BCUT2D eigenvalue weighted by atomic mass is 15.4. The van der Waals surface area contributed by atoms with Crippen LogP contribution in [0.5, 0.6) is 0 Å². The van der Waals surface area contributed by atoms with Crippen LogP contribution in [0.4, 0.5) is 11.6 Å². The maximum Gasteiger partial charge on any atom is 0.180 e. The fourth-order valence-corrected chi connectivity index (χ4v) is 2.27. The van der Waals surface area contributed by atoms with E-state index in [1.54, 1.807) is 24.1 Å². The lowest BCUT2D eigenvalue weighted by molar-refractivity contribution is 0.486. The average molecular weight is 298 g/mol. The predicted molar refractivity (Wildman–Crippen MR) is 85.1 cm³/mol. The van der Waals surface area contributed by atoms with E-state index in [0.29, 0.717) is 5.82 Å². The Morgan fingerprint density at radius 1 is 1.36 bits per heavy atom. The van der Waals surface area contributed by atoms with Gasteiger partial charge in [0, 0.05) is 45.0 Å². The lowest BCUT2D eigenvalue weighted by Crippen LogP contribution is -2.19. The van der Waals surface area contributed by atoms with Crippen LogP contribution in [0.15, 0.2) is 37.1 Å². The first-order valence-electron chi connectivity index (χ1n) is 6.79. The number of nitrogens with one attached hydrogen (secondary N) is 1. The molecule has 3 heterocycles. The van der Waals surface area contributed by atoms with Crippen LogP contribution < -0.4 is 11.2 Å². The number of nitrogens with two attached hydrogens (primary N) is 1. The van der Waals surface area contributed by atoms with Gasteiger partial charge in [0.1, 0.15) is 0 Å². The first-order valence-corrected chi connectivity index (χ1v) is 6.79. The van der Waals surface area contributed by atoms with Gasteiger partial charge >= 0.3 is 0 Å². The molecule has 0 saturated carbocycles. The summed E-state index contributed by atoms with van der Waals surface area (Å²) < 4.78 is 3.69. The summed E-state index contributed by atoms with van der Waals surface area (Å²) in [5.74, 6) is 7.05. The number of allylic oxidation sites excluding steroid dienone is 1. The molecule has 0 atom stereocenters. The van der Waals surface area contributed by atoms with E-state index < -0.39 is 0 Å². The minimum atomic E-state index is 0.654. The highest BCUT2D eigenvalue weighted by Crippen LogP contribution is 2.21. The molecule has 22 heavy (non-hydrogen) atoms. The molecule has 114 valence electrons. The molecule has 0 bridgehead atoms. The van der Waals surface area contributed by atoms with Gasteiger partial charge in [-0.3, -0.25) is 9.08 Å². The summed E-state index contributed by atoms with van der Waals surface area (Å²) in [4.78, 5) is 8.80. The third-order valence-corrected chi connectivity index (χ3v) is 3.19. The largest absolute Gasteiger partial charge is 0.321 e. The summed E-state index contributed by atoms with van der Waals surface area (Å²) in [6.07, 6.45) is 9.10. The second-order valence-electron chi connectivity index (χ2n) is 5.09. The molecule has 0 fully saturated rings. The lowest BCUT2D eigenvalue weighted by Gasteiger charge is -2.08. The number of fused-ring (bicyclic) bond motifs is 1. The third-order valence-electron chi connectivity index (χ3n) is 3.19. The molecule has 0 aliphatic rings. The highest BCUT2D eigenvalue weighted by molar-refractivity contribution is 5.72. The van der Waals surface area contributed by atoms with Crippen molar-refractivity contribution in [2.45, 2.75) is 6.92 Å². The number of aromatic nitrogens is 5. The number of hydrogen-bond acceptors (Lipinski definition) is 6. The van der Waals surface area contributed by atoms with Gasteiger partial charge in [0.2, 0.25) is 0 Å². The normalized spacial score (nSPS) is 11.9. The van der Waals surface area contributed by atoms with Crippen LogP contribution in [0.25, 0.3) is 11.2 Å². The summed E-state index contributed by atoms with van der Waals surface area (Å²) in [5, 5.41) is 8.98. The monoisotopic (exact) mass is 298 g/mol. The molecule has 8 nitrogen and oxygen atoms in total. The van der Waals surface area contributed by atoms with Crippen molar-refractivity contribution >= 4 is 22.9 Å². The van der Waals surface area contributed by atoms with Crippen LogP contribution in [-0.2, 0) is 7.05 Å². The summed E-state index contributed by atoms with van der Waals surface area (Å²) in [6.45, 7) is 1.99. The molecule has 0 aromatic carbocycles. The molecule has 0 spiro atoms. The third kappa shape index (κ3) is 2.63. The summed E-state index contributed by atoms with van der Waals surface area (Å²) >= 11 is 0. The van der Waals surface area contributed by atoms with Gasteiger partial charge in [-0.05, 0) is 12.5 Å². The molecule has 3 aromatic heterocycles. The van der Waals surface area contributed by atoms with E-state index in [4.69, 9.17) is 5.84 Å². The molecule has 8 heteroatoms. The number of aryl methyl sites for hydroxylation is 1. The zero-order chi connectivity index (χ0) is 15.7. The van der Waals surface area contributed by atoms with Crippen molar-refractivity contribution in [3.05, 3.63) is 42.7 Å². The highest BCUT2D eigenvalue weighted by Gasteiger charge is 2.11. The van der Waals surface area contributed by atoms with Crippen molar-refractivity contribution in [1.82, 2.24) is 29.2 Å². The van der Waals surface area contributed by atoms with Gasteiger partial charge in [-0.1, -0.05) is 0 Å². The van der Waals surface area contributed by atoms with Gasteiger partial charge in [-0.25, -0.2) is 15.8 Å². The van der Waals surface area contributed by atoms with Crippen molar-refractivity contribution in [2.24, 2.45) is 12.9 Å². The average Bonchev–Trinajstić information content (AvgIpc) is 3.05. The quantitative estimate of drug-likeness (QED) is 0.558. The molecule has 3 rings (SSSR count).